The number of aromatic hydroxyl groups is 1. The van der Waals surface area contributed by atoms with Crippen LogP contribution in [-0.4, -0.2) is 29.9 Å². The molecule has 1 aliphatic heterocycles. The van der Waals surface area contributed by atoms with Gasteiger partial charge in [-0.1, -0.05) is 24.3 Å². The summed E-state index contributed by atoms with van der Waals surface area (Å²) in [7, 11) is 1.47. The van der Waals surface area contributed by atoms with Gasteiger partial charge in [-0.2, -0.15) is 0 Å². The number of nitrogens with zero attached hydrogens (tertiary/aromatic N) is 1. The van der Waals surface area contributed by atoms with E-state index in [4.69, 9.17) is 21.7 Å². The van der Waals surface area contributed by atoms with Gasteiger partial charge in [0.05, 0.1) is 25.3 Å². The quantitative estimate of drug-likeness (QED) is 0.588. The summed E-state index contributed by atoms with van der Waals surface area (Å²) >= 11 is 5.60. The number of nitrogens with one attached hydrogen (secondary N) is 1. The van der Waals surface area contributed by atoms with Crippen molar-refractivity contribution in [3.8, 4) is 11.5 Å². The number of methoxy groups -OCH3 is 1. The highest BCUT2D eigenvalue weighted by molar-refractivity contribution is 7.80. The number of thiocarbonyl (C=S) groups is 1. The third kappa shape index (κ3) is 3.66. The Morgan fingerprint density at radius 2 is 1.96 bits per heavy atom. The van der Waals surface area contributed by atoms with Crippen LogP contribution < -0.4 is 15.0 Å². The lowest BCUT2D eigenvalue weighted by atomic mass is 9.94. The van der Waals surface area contributed by atoms with E-state index < -0.39 is 12.0 Å². The van der Waals surface area contributed by atoms with E-state index in [9.17, 15) is 9.90 Å². The average molecular weight is 398 g/mol. The Morgan fingerprint density at radius 1 is 1.25 bits per heavy atom. The number of ether oxygens (including phenoxy) is 2. The highest BCUT2D eigenvalue weighted by Crippen LogP contribution is 2.37. The maximum Gasteiger partial charge on any atom is 0.338 e. The summed E-state index contributed by atoms with van der Waals surface area (Å²) in [6.07, 6.45) is 0. The Balaban J connectivity index is 2.14. The van der Waals surface area contributed by atoms with E-state index in [-0.39, 0.29) is 12.4 Å². The summed E-state index contributed by atoms with van der Waals surface area (Å²) in [5.74, 6) is -0.0847. The molecule has 0 amide bonds. The summed E-state index contributed by atoms with van der Waals surface area (Å²) in [6.45, 7) is 3.87. The van der Waals surface area contributed by atoms with Crippen LogP contribution in [0.1, 0.15) is 25.5 Å². The number of allylic oxidation sites excluding steroid dienone is 1. The first kappa shape index (κ1) is 19.7. The molecule has 0 fully saturated rings. The van der Waals surface area contributed by atoms with E-state index in [1.54, 1.807) is 19.1 Å². The Kier molecular flexibility index (Phi) is 5.84. The molecule has 0 aromatic heterocycles. The van der Waals surface area contributed by atoms with Gasteiger partial charge in [-0.3, -0.25) is 4.90 Å². The first-order valence-electron chi connectivity index (χ1n) is 8.88. The van der Waals surface area contributed by atoms with Crippen molar-refractivity contribution in [1.29, 1.82) is 0 Å². The zero-order chi connectivity index (χ0) is 20.3. The summed E-state index contributed by atoms with van der Waals surface area (Å²) in [4.78, 5) is 14.6. The van der Waals surface area contributed by atoms with Gasteiger partial charge in [0.25, 0.3) is 0 Å². The number of benzene rings is 2. The number of carbonyl (C=O) groups is 1. The van der Waals surface area contributed by atoms with Gasteiger partial charge in [-0.25, -0.2) is 4.79 Å². The number of hydrogen-bond acceptors (Lipinski definition) is 5. The lowest BCUT2D eigenvalue weighted by molar-refractivity contribution is -0.139. The fraction of sp³-hybridized carbons (Fsp3) is 0.238. The van der Waals surface area contributed by atoms with E-state index in [0.717, 1.165) is 11.3 Å². The molecule has 0 spiro atoms. The van der Waals surface area contributed by atoms with Crippen molar-refractivity contribution in [3.05, 3.63) is 65.4 Å². The molecule has 0 saturated carbocycles. The number of phenolic OH excluding ortho intramolecular Hbond substituents is 1. The van der Waals surface area contributed by atoms with E-state index in [0.29, 0.717) is 22.1 Å². The molecular formula is C21H22N2O4S. The van der Waals surface area contributed by atoms with Crippen molar-refractivity contribution in [2.45, 2.75) is 19.9 Å². The predicted octanol–water partition coefficient (Wildman–Crippen LogP) is 3.67. The van der Waals surface area contributed by atoms with Crippen LogP contribution in [0.2, 0.25) is 0 Å². The van der Waals surface area contributed by atoms with Crippen LogP contribution in [-0.2, 0) is 9.53 Å². The Hall–Kier alpha value is -3.06. The fourth-order valence-electron chi connectivity index (χ4n) is 3.23. The van der Waals surface area contributed by atoms with Crippen molar-refractivity contribution in [1.82, 2.24) is 5.32 Å². The van der Waals surface area contributed by atoms with E-state index in [1.165, 1.54) is 13.2 Å². The first-order valence-corrected chi connectivity index (χ1v) is 9.29. The van der Waals surface area contributed by atoms with Crippen LogP contribution in [0.5, 0.6) is 11.5 Å². The van der Waals surface area contributed by atoms with Gasteiger partial charge in [0.1, 0.15) is 0 Å². The SMILES string of the molecule is CCOC(=O)C1=C(C)N(c2ccccc2)C(=S)N[C@H]1c1ccc(O)c(OC)c1. The molecule has 2 N–H and O–H groups in total. The molecule has 1 aliphatic rings. The fourth-order valence-corrected chi connectivity index (χ4v) is 3.59. The van der Waals surface area contributed by atoms with Crippen molar-refractivity contribution in [2.24, 2.45) is 0 Å². The molecule has 0 radical (unpaired) electrons. The summed E-state index contributed by atoms with van der Waals surface area (Å²) in [6, 6.07) is 14.0. The minimum atomic E-state index is -0.527. The highest BCUT2D eigenvalue weighted by Gasteiger charge is 2.35. The van der Waals surface area contributed by atoms with Crippen molar-refractivity contribution >= 4 is 29.0 Å². The van der Waals surface area contributed by atoms with Crippen LogP contribution in [0, 0.1) is 0 Å². The topological polar surface area (TPSA) is 71.0 Å². The van der Waals surface area contributed by atoms with Crippen molar-refractivity contribution in [2.75, 3.05) is 18.6 Å². The molecular weight excluding hydrogens is 376 g/mol. The molecule has 28 heavy (non-hydrogen) atoms. The summed E-state index contributed by atoms with van der Waals surface area (Å²) < 4.78 is 10.5. The van der Waals surface area contributed by atoms with Crippen LogP contribution in [0.25, 0.3) is 0 Å². The second-order valence-electron chi connectivity index (χ2n) is 6.20. The van der Waals surface area contributed by atoms with E-state index >= 15 is 0 Å². The molecule has 2 aromatic carbocycles. The summed E-state index contributed by atoms with van der Waals surface area (Å²) in [5.41, 5.74) is 2.71. The van der Waals surface area contributed by atoms with Gasteiger partial charge in [0, 0.05) is 11.4 Å². The molecule has 0 unspecified atom stereocenters. The molecule has 0 aliphatic carbocycles. The van der Waals surface area contributed by atoms with E-state index in [1.807, 2.05) is 42.2 Å². The lowest BCUT2D eigenvalue weighted by Gasteiger charge is -2.37. The molecule has 2 aromatic rings. The normalized spacial score (nSPS) is 16.6. The Bertz CT molecular complexity index is 927. The smallest absolute Gasteiger partial charge is 0.338 e. The molecule has 1 atom stereocenters. The molecule has 3 rings (SSSR count). The minimum Gasteiger partial charge on any atom is -0.504 e. The summed E-state index contributed by atoms with van der Waals surface area (Å²) in [5, 5.41) is 13.6. The van der Waals surface area contributed by atoms with Gasteiger partial charge in [0.15, 0.2) is 16.6 Å². The monoisotopic (exact) mass is 398 g/mol. The van der Waals surface area contributed by atoms with Gasteiger partial charge in [-0.15, -0.1) is 0 Å². The molecule has 0 saturated heterocycles. The standard InChI is InChI=1S/C21H22N2O4S/c1-4-27-20(25)18-13(2)23(15-8-6-5-7-9-15)21(28)22-19(18)14-10-11-16(24)17(12-14)26-3/h5-12,19,24H,4H2,1-3H3,(H,22,28)/t19-/m0/s1. The minimum absolute atomic E-state index is 0.0222. The number of hydrogen-bond donors (Lipinski definition) is 2. The van der Waals surface area contributed by atoms with Crippen molar-refractivity contribution < 1.29 is 19.4 Å². The zero-order valence-electron chi connectivity index (χ0n) is 15.9. The molecule has 7 heteroatoms. The Morgan fingerprint density at radius 3 is 2.61 bits per heavy atom. The maximum absolute atomic E-state index is 12.8. The second kappa shape index (κ2) is 8.31. The van der Waals surface area contributed by atoms with Gasteiger partial charge >= 0.3 is 5.97 Å². The zero-order valence-corrected chi connectivity index (χ0v) is 16.7. The van der Waals surface area contributed by atoms with Crippen LogP contribution in [0.15, 0.2) is 59.8 Å². The average Bonchev–Trinajstić information content (AvgIpc) is 2.69. The van der Waals surface area contributed by atoms with Gasteiger partial charge in [-0.05, 0) is 55.9 Å². The number of phenols is 1. The van der Waals surface area contributed by atoms with Gasteiger partial charge in [0.2, 0.25) is 0 Å². The first-order chi connectivity index (χ1) is 13.5. The van der Waals surface area contributed by atoms with Crippen LogP contribution >= 0.6 is 12.2 Å². The number of rotatable bonds is 5. The lowest BCUT2D eigenvalue weighted by Crippen LogP contribution is -2.48. The molecule has 1 heterocycles. The van der Waals surface area contributed by atoms with E-state index in [2.05, 4.69) is 5.32 Å². The van der Waals surface area contributed by atoms with Gasteiger partial charge < -0.3 is 19.9 Å². The molecule has 6 nitrogen and oxygen atoms in total. The van der Waals surface area contributed by atoms with Crippen LogP contribution in [0.4, 0.5) is 5.69 Å². The number of anilines is 1. The third-order valence-electron chi connectivity index (χ3n) is 4.53. The maximum atomic E-state index is 12.8. The number of carbonyl (C=O) groups excluding carboxylic acids is 1. The molecule has 0 bridgehead atoms. The number of para-hydroxylation sites is 1. The highest BCUT2D eigenvalue weighted by atomic mass is 32.1. The predicted molar refractivity (Wildman–Crippen MR) is 111 cm³/mol. The third-order valence-corrected chi connectivity index (χ3v) is 4.83. The molecule has 146 valence electrons. The Labute approximate surface area is 169 Å². The number of esters is 1. The largest absolute Gasteiger partial charge is 0.504 e. The van der Waals surface area contributed by atoms with Crippen molar-refractivity contribution in [3.63, 3.8) is 0 Å². The second-order valence-corrected chi connectivity index (χ2v) is 6.59. The van der Waals surface area contributed by atoms with Crippen LogP contribution in [0.3, 0.4) is 0 Å².